The lowest BCUT2D eigenvalue weighted by molar-refractivity contribution is 0.844. The van der Waals surface area contributed by atoms with Gasteiger partial charge in [0.15, 0.2) is 5.82 Å². The standard InChI is InChI=1S/C31H26N4/c1-19-16-20(2)29(21(3)17-19)26-14-12-24-10-11-25-13-15-28(33-31(25)30(24)32-26)35-27(18-22(4)34-35)23-8-6-5-7-9-23/h5-18H,1-4H3. The highest BCUT2D eigenvalue weighted by Gasteiger charge is 2.14. The van der Waals surface area contributed by atoms with E-state index in [4.69, 9.17) is 15.1 Å². The quantitative estimate of drug-likeness (QED) is 0.260. The summed E-state index contributed by atoms with van der Waals surface area (Å²) >= 11 is 0. The molecule has 0 atom stereocenters. The van der Waals surface area contributed by atoms with Crippen LogP contribution in [0.5, 0.6) is 0 Å². The number of hydrogen-bond donors (Lipinski definition) is 0. The maximum absolute atomic E-state index is 5.15. The minimum atomic E-state index is 0.784. The molecule has 0 amide bonds. The van der Waals surface area contributed by atoms with Crippen molar-refractivity contribution in [3.63, 3.8) is 0 Å². The molecule has 35 heavy (non-hydrogen) atoms. The van der Waals surface area contributed by atoms with E-state index in [-0.39, 0.29) is 0 Å². The van der Waals surface area contributed by atoms with E-state index in [1.165, 1.54) is 22.3 Å². The van der Waals surface area contributed by atoms with Gasteiger partial charge in [-0.3, -0.25) is 0 Å². The molecule has 0 aliphatic carbocycles. The Hall–Kier alpha value is -4.31. The molecule has 0 aliphatic heterocycles. The highest BCUT2D eigenvalue weighted by Crippen LogP contribution is 2.31. The van der Waals surface area contributed by atoms with E-state index in [2.05, 4.69) is 81.4 Å². The van der Waals surface area contributed by atoms with Crippen LogP contribution in [-0.4, -0.2) is 19.7 Å². The molecule has 3 heterocycles. The summed E-state index contributed by atoms with van der Waals surface area (Å²) in [6, 6.07) is 29.5. The van der Waals surface area contributed by atoms with Crippen molar-refractivity contribution >= 4 is 21.8 Å². The zero-order valence-electron chi connectivity index (χ0n) is 20.4. The van der Waals surface area contributed by atoms with Gasteiger partial charge in [0.05, 0.1) is 28.1 Å². The number of aryl methyl sites for hydroxylation is 4. The van der Waals surface area contributed by atoms with Gasteiger partial charge in [0.25, 0.3) is 0 Å². The predicted octanol–water partition coefficient (Wildman–Crippen LogP) is 7.54. The van der Waals surface area contributed by atoms with Crippen LogP contribution in [0.1, 0.15) is 22.4 Å². The van der Waals surface area contributed by atoms with Gasteiger partial charge in [-0.15, -0.1) is 0 Å². The van der Waals surface area contributed by atoms with Crippen molar-refractivity contribution in [1.82, 2.24) is 19.7 Å². The molecule has 0 unspecified atom stereocenters. The first kappa shape index (κ1) is 21.2. The maximum atomic E-state index is 5.15. The van der Waals surface area contributed by atoms with E-state index in [0.29, 0.717) is 0 Å². The summed E-state index contributed by atoms with van der Waals surface area (Å²) in [7, 11) is 0. The molecular weight excluding hydrogens is 428 g/mol. The number of fused-ring (bicyclic) bond motifs is 3. The van der Waals surface area contributed by atoms with Crippen molar-refractivity contribution < 1.29 is 0 Å². The molecule has 6 rings (SSSR count). The summed E-state index contributed by atoms with van der Waals surface area (Å²) in [6.07, 6.45) is 0. The first-order valence-corrected chi connectivity index (χ1v) is 11.9. The van der Waals surface area contributed by atoms with Gasteiger partial charge in [-0.1, -0.05) is 66.2 Å². The Balaban J connectivity index is 1.57. The molecule has 0 spiro atoms. The SMILES string of the molecule is Cc1cc(C)c(-c2ccc3ccc4ccc(-n5nc(C)cc5-c5ccccc5)nc4c3n2)c(C)c1. The maximum Gasteiger partial charge on any atom is 0.154 e. The number of pyridine rings is 2. The van der Waals surface area contributed by atoms with Crippen LogP contribution < -0.4 is 0 Å². The van der Waals surface area contributed by atoms with Crippen molar-refractivity contribution in [3.8, 4) is 28.3 Å². The van der Waals surface area contributed by atoms with Gasteiger partial charge in [0.1, 0.15) is 0 Å². The minimum Gasteiger partial charge on any atom is -0.245 e. The number of nitrogens with zero attached hydrogens (tertiary/aromatic N) is 4. The van der Waals surface area contributed by atoms with Crippen LogP contribution in [0.2, 0.25) is 0 Å². The Morgan fingerprint density at radius 2 is 1.26 bits per heavy atom. The van der Waals surface area contributed by atoms with Crippen molar-refractivity contribution in [2.75, 3.05) is 0 Å². The molecule has 0 N–H and O–H groups in total. The second-order valence-corrected chi connectivity index (χ2v) is 9.30. The third-order valence-electron chi connectivity index (χ3n) is 6.56. The second-order valence-electron chi connectivity index (χ2n) is 9.30. The molecule has 3 aromatic heterocycles. The molecule has 0 radical (unpaired) electrons. The van der Waals surface area contributed by atoms with Gasteiger partial charge in [-0.2, -0.15) is 5.10 Å². The van der Waals surface area contributed by atoms with Crippen molar-refractivity contribution in [3.05, 3.63) is 107 Å². The van der Waals surface area contributed by atoms with Crippen LogP contribution in [0.25, 0.3) is 50.1 Å². The Bertz CT molecular complexity index is 1710. The Labute approximate surface area is 204 Å². The predicted molar refractivity (Wildman–Crippen MR) is 144 cm³/mol. The minimum absolute atomic E-state index is 0.784. The Morgan fingerprint density at radius 1 is 0.629 bits per heavy atom. The molecule has 4 nitrogen and oxygen atoms in total. The lowest BCUT2D eigenvalue weighted by atomic mass is 9.96. The first-order valence-electron chi connectivity index (χ1n) is 11.9. The van der Waals surface area contributed by atoms with Crippen molar-refractivity contribution in [2.24, 2.45) is 0 Å². The summed E-state index contributed by atoms with van der Waals surface area (Å²) in [4.78, 5) is 10.3. The fourth-order valence-electron chi connectivity index (χ4n) is 5.09. The van der Waals surface area contributed by atoms with E-state index >= 15 is 0 Å². The fourth-order valence-corrected chi connectivity index (χ4v) is 5.09. The van der Waals surface area contributed by atoms with Crippen LogP contribution in [-0.2, 0) is 0 Å². The molecule has 0 fully saturated rings. The van der Waals surface area contributed by atoms with Crippen molar-refractivity contribution in [2.45, 2.75) is 27.7 Å². The van der Waals surface area contributed by atoms with Gasteiger partial charge in [0.2, 0.25) is 0 Å². The van der Waals surface area contributed by atoms with Crippen LogP contribution in [0.4, 0.5) is 0 Å². The summed E-state index contributed by atoms with van der Waals surface area (Å²) in [5.41, 5.74) is 10.8. The second kappa shape index (κ2) is 8.17. The largest absolute Gasteiger partial charge is 0.245 e. The highest BCUT2D eigenvalue weighted by molar-refractivity contribution is 6.03. The third kappa shape index (κ3) is 3.68. The van der Waals surface area contributed by atoms with E-state index in [9.17, 15) is 0 Å². The van der Waals surface area contributed by atoms with Gasteiger partial charge in [-0.05, 0) is 63.1 Å². The summed E-state index contributed by atoms with van der Waals surface area (Å²) in [5, 5.41) is 6.91. The van der Waals surface area contributed by atoms with Gasteiger partial charge in [-0.25, -0.2) is 14.6 Å². The third-order valence-corrected chi connectivity index (χ3v) is 6.56. The summed E-state index contributed by atoms with van der Waals surface area (Å²) in [6.45, 7) is 8.47. The first-order chi connectivity index (χ1) is 17.0. The number of rotatable bonds is 3. The lowest BCUT2D eigenvalue weighted by Gasteiger charge is -2.13. The van der Waals surface area contributed by atoms with Crippen LogP contribution >= 0.6 is 0 Å². The molecule has 0 saturated heterocycles. The Morgan fingerprint density at radius 3 is 1.97 bits per heavy atom. The molecule has 170 valence electrons. The molecule has 0 bridgehead atoms. The van der Waals surface area contributed by atoms with E-state index in [0.717, 1.165) is 50.3 Å². The van der Waals surface area contributed by atoms with Crippen LogP contribution in [0.15, 0.2) is 84.9 Å². The molecular formula is C31H26N4. The Kier molecular flexibility index (Phi) is 4.96. The number of aromatic nitrogens is 4. The number of benzene rings is 3. The molecule has 4 heteroatoms. The highest BCUT2D eigenvalue weighted by atomic mass is 15.3. The molecule has 0 aliphatic rings. The molecule has 3 aromatic carbocycles. The van der Waals surface area contributed by atoms with Gasteiger partial charge in [0, 0.05) is 21.9 Å². The van der Waals surface area contributed by atoms with Crippen LogP contribution in [0.3, 0.4) is 0 Å². The zero-order chi connectivity index (χ0) is 24.1. The molecule has 0 saturated carbocycles. The number of hydrogen-bond acceptors (Lipinski definition) is 3. The van der Waals surface area contributed by atoms with Gasteiger partial charge >= 0.3 is 0 Å². The van der Waals surface area contributed by atoms with Gasteiger partial charge < -0.3 is 0 Å². The molecule has 6 aromatic rings. The average Bonchev–Trinajstić information content (AvgIpc) is 3.25. The summed E-state index contributed by atoms with van der Waals surface area (Å²) in [5.74, 6) is 0.784. The van der Waals surface area contributed by atoms with Crippen LogP contribution in [0, 0.1) is 27.7 Å². The smallest absolute Gasteiger partial charge is 0.154 e. The monoisotopic (exact) mass is 454 g/mol. The fraction of sp³-hybridized carbons (Fsp3) is 0.129. The summed E-state index contributed by atoms with van der Waals surface area (Å²) < 4.78 is 1.93. The van der Waals surface area contributed by atoms with E-state index < -0.39 is 0 Å². The van der Waals surface area contributed by atoms with E-state index in [1.54, 1.807) is 0 Å². The van der Waals surface area contributed by atoms with Crippen molar-refractivity contribution in [1.29, 1.82) is 0 Å². The average molecular weight is 455 g/mol. The normalized spacial score (nSPS) is 11.4. The van der Waals surface area contributed by atoms with E-state index in [1.807, 2.05) is 35.9 Å². The zero-order valence-corrected chi connectivity index (χ0v) is 20.4. The lowest BCUT2D eigenvalue weighted by Crippen LogP contribution is -2.02. The topological polar surface area (TPSA) is 43.6 Å².